The molecule has 218 valence electrons. The van der Waals surface area contributed by atoms with Gasteiger partial charge in [0.1, 0.15) is 0 Å². The zero-order chi connectivity index (χ0) is 30.3. The molecule has 0 saturated heterocycles. The van der Waals surface area contributed by atoms with Crippen molar-refractivity contribution >= 4 is 68.1 Å². The lowest BCUT2D eigenvalue weighted by atomic mass is 9.98. The first-order valence-corrected chi connectivity index (χ1v) is 15.0. The number of carbonyl (C=O) groups excluding carboxylic acids is 1. The van der Waals surface area contributed by atoms with Crippen LogP contribution in [0.3, 0.4) is 0 Å². The number of thiol groups is 1. The number of hydrogen-bond donors (Lipinski definition) is 4. The fourth-order valence-corrected chi connectivity index (χ4v) is 6.33. The molecule has 3 aromatic heterocycles. The predicted octanol–water partition coefficient (Wildman–Crippen LogP) is 8.02. The number of aliphatic carboxylic acids is 1. The Labute approximate surface area is 251 Å². The second kappa shape index (κ2) is 11.8. The number of carbonyl (C=O) groups is 2. The third kappa shape index (κ3) is 5.48. The van der Waals surface area contributed by atoms with Crippen molar-refractivity contribution in [2.45, 2.75) is 80.1 Å². The minimum atomic E-state index is -0.849. The van der Waals surface area contributed by atoms with Gasteiger partial charge in [0, 0.05) is 34.9 Å². The molecular weight excluding hydrogens is 544 g/mol. The number of aryl methyl sites for hydroxylation is 4. The second-order valence-electron chi connectivity index (χ2n) is 11.2. The zero-order valence-corrected chi connectivity index (χ0v) is 26.1. The van der Waals surface area contributed by atoms with Crippen LogP contribution in [0.4, 0.5) is 0 Å². The zero-order valence-electron chi connectivity index (χ0n) is 25.2. The van der Waals surface area contributed by atoms with Gasteiger partial charge in [-0.05, 0) is 122 Å². The number of fused-ring (bicyclic) bond motifs is 8. The Morgan fingerprint density at radius 2 is 1.14 bits per heavy atom. The molecule has 3 aromatic rings. The maximum atomic E-state index is 11.8. The molecule has 0 spiro atoms. The van der Waals surface area contributed by atoms with E-state index in [1.165, 1.54) is 22.3 Å². The average Bonchev–Trinajstić information content (AvgIpc) is 3.59. The molecule has 7 nitrogen and oxygen atoms in total. The Morgan fingerprint density at radius 1 is 0.690 bits per heavy atom. The Morgan fingerprint density at radius 3 is 1.62 bits per heavy atom. The van der Waals surface area contributed by atoms with Crippen LogP contribution in [-0.2, 0) is 22.4 Å². The highest BCUT2D eigenvalue weighted by Crippen LogP contribution is 2.38. The summed E-state index contributed by atoms with van der Waals surface area (Å²) in [7, 11) is 0. The summed E-state index contributed by atoms with van der Waals surface area (Å²) in [5, 5.41) is 9.30. The third-order valence-corrected chi connectivity index (χ3v) is 8.91. The summed E-state index contributed by atoms with van der Waals surface area (Å²) in [4.78, 5) is 40.8. The van der Waals surface area contributed by atoms with Crippen LogP contribution < -0.4 is 0 Å². The van der Waals surface area contributed by atoms with Crippen molar-refractivity contribution in [1.29, 1.82) is 0 Å². The highest BCUT2D eigenvalue weighted by atomic mass is 32.1. The molecule has 42 heavy (non-hydrogen) atoms. The van der Waals surface area contributed by atoms with Gasteiger partial charge in [-0.3, -0.25) is 9.59 Å². The molecule has 0 aliphatic carbocycles. The van der Waals surface area contributed by atoms with Crippen LogP contribution in [0.5, 0.6) is 0 Å². The van der Waals surface area contributed by atoms with Crippen LogP contribution >= 0.6 is 12.6 Å². The monoisotopic (exact) mass is 582 g/mol. The quantitative estimate of drug-likeness (QED) is 0.201. The molecule has 5 heterocycles. The van der Waals surface area contributed by atoms with Crippen molar-refractivity contribution in [3.05, 3.63) is 69.3 Å². The normalized spacial score (nSPS) is 13.3. The van der Waals surface area contributed by atoms with Crippen LogP contribution in [0, 0.1) is 13.8 Å². The van der Waals surface area contributed by atoms with E-state index in [0.717, 1.165) is 74.3 Å². The van der Waals surface area contributed by atoms with E-state index in [9.17, 15) is 14.7 Å². The predicted molar refractivity (Wildman–Crippen MR) is 174 cm³/mol. The van der Waals surface area contributed by atoms with Crippen molar-refractivity contribution in [1.82, 2.24) is 19.9 Å². The van der Waals surface area contributed by atoms with Gasteiger partial charge in [0.05, 0.1) is 22.8 Å². The highest BCUT2D eigenvalue weighted by Gasteiger charge is 2.22. The van der Waals surface area contributed by atoms with E-state index in [1.54, 1.807) is 0 Å². The van der Waals surface area contributed by atoms with Crippen molar-refractivity contribution < 1.29 is 14.7 Å². The standard InChI is InChI=1S/C34H38N4O3S/c1-7-21-17(3)25-13-26-19(5)23(9-11-33(39)40)31(37-26)16-32-24(10-12-34(41)42)20(6)28(38-32)15-30-22(8-2)18(4)27(36-30)14-29(21)35-25/h13-16,35-36H,7-12H2,1-6H3,(H,39,40)(H,41,42). The van der Waals surface area contributed by atoms with Crippen LogP contribution in [0.1, 0.15) is 98.4 Å². The highest BCUT2D eigenvalue weighted by molar-refractivity contribution is 7.96. The molecule has 2 aliphatic rings. The molecule has 0 atom stereocenters. The molecule has 3 N–H and O–H groups in total. The smallest absolute Gasteiger partial charge is 0.303 e. The summed E-state index contributed by atoms with van der Waals surface area (Å²) < 4.78 is 0. The van der Waals surface area contributed by atoms with Crippen molar-refractivity contribution in [2.75, 3.05) is 0 Å². The van der Waals surface area contributed by atoms with Gasteiger partial charge in [0.15, 0.2) is 5.12 Å². The van der Waals surface area contributed by atoms with E-state index in [0.29, 0.717) is 25.0 Å². The van der Waals surface area contributed by atoms with Gasteiger partial charge in [-0.2, -0.15) is 0 Å². The maximum absolute atomic E-state index is 11.8. The number of aromatic amines is 2. The molecule has 0 saturated carbocycles. The van der Waals surface area contributed by atoms with Crippen molar-refractivity contribution in [2.24, 2.45) is 0 Å². The molecule has 0 radical (unpaired) electrons. The van der Waals surface area contributed by atoms with Crippen molar-refractivity contribution in [3.63, 3.8) is 0 Å². The van der Waals surface area contributed by atoms with E-state index in [2.05, 4.69) is 68.5 Å². The molecule has 8 heteroatoms. The van der Waals surface area contributed by atoms with Gasteiger partial charge in [-0.15, -0.1) is 12.6 Å². The van der Waals surface area contributed by atoms with E-state index in [1.807, 2.05) is 19.9 Å². The first kappa shape index (κ1) is 29.6. The molecule has 0 fully saturated rings. The van der Waals surface area contributed by atoms with Crippen LogP contribution in [-0.4, -0.2) is 36.1 Å². The summed E-state index contributed by atoms with van der Waals surface area (Å²) in [5.41, 5.74) is 16.0. The molecule has 0 aromatic carbocycles. The summed E-state index contributed by atoms with van der Waals surface area (Å²) in [6, 6.07) is 8.33. The van der Waals surface area contributed by atoms with Gasteiger partial charge in [0.25, 0.3) is 0 Å². The minimum absolute atomic E-state index is 0.00895. The summed E-state index contributed by atoms with van der Waals surface area (Å²) in [5.74, 6) is -0.849. The molecule has 5 rings (SSSR count). The summed E-state index contributed by atoms with van der Waals surface area (Å²) in [6.07, 6.45) is 2.94. The fraction of sp³-hybridized carbons (Fsp3) is 0.353. The number of carboxylic acids is 1. The van der Waals surface area contributed by atoms with Gasteiger partial charge in [-0.1, -0.05) is 13.8 Å². The van der Waals surface area contributed by atoms with E-state index >= 15 is 0 Å². The van der Waals surface area contributed by atoms with Gasteiger partial charge < -0.3 is 15.1 Å². The number of nitrogens with one attached hydrogen (secondary N) is 2. The number of rotatable bonds is 8. The summed E-state index contributed by atoms with van der Waals surface area (Å²) in [6.45, 7) is 12.7. The Kier molecular flexibility index (Phi) is 8.28. The Bertz CT molecular complexity index is 1860. The lowest BCUT2D eigenvalue weighted by Crippen LogP contribution is -1.96. The van der Waals surface area contributed by atoms with E-state index in [-0.39, 0.29) is 11.5 Å². The Hall–Kier alpha value is -3.91. The average molecular weight is 583 g/mol. The lowest BCUT2D eigenvalue weighted by Gasteiger charge is -2.05. The molecule has 0 amide bonds. The van der Waals surface area contributed by atoms with Crippen LogP contribution in [0.15, 0.2) is 24.3 Å². The van der Waals surface area contributed by atoms with Gasteiger partial charge in [0.2, 0.25) is 0 Å². The largest absolute Gasteiger partial charge is 0.481 e. The van der Waals surface area contributed by atoms with E-state index < -0.39 is 5.97 Å². The number of hydrogen-bond acceptors (Lipinski definition) is 4. The van der Waals surface area contributed by atoms with Crippen LogP contribution in [0.2, 0.25) is 0 Å². The fourth-order valence-electron chi connectivity index (χ4n) is 6.22. The maximum Gasteiger partial charge on any atom is 0.303 e. The molecular formula is C34H38N4O3S. The number of allylic oxidation sites excluding steroid dienone is 4. The van der Waals surface area contributed by atoms with Gasteiger partial charge >= 0.3 is 5.97 Å². The number of nitrogens with zero attached hydrogens (tertiary/aromatic N) is 2. The molecule has 2 aliphatic heterocycles. The topological polar surface area (TPSA) is 112 Å². The SMILES string of the molecule is CCc1c(C)c2cc3[nH]c(cc4nc(cc5nc(cc1[nH]2)C(C)=C5CCC(=O)S)C(CCC(=O)O)=C4C)c(C)c3CC. The molecule has 0 unspecified atom stereocenters. The number of H-pyrrole nitrogens is 2. The number of aromatic nitrogens is 4. The minimum Gasteiger partial charge on any atom is -0.481 e. The second-order valence-corrected chi connectivity index (χ2v) is 11.7. The summed E-state index contributed by atoms with van der Waals surface area (Å²) >= 11 is 4.01. The van der Waals surface area contributed by atoms with E-state index in [4.69, 9.17) is 9.97 Å². The third-order valence-electron chi connectivity index (χ3n) is 8.69. The lowest BCUT2D eigenvalue weighted by molar-refractivity contribution is -0.136. The van der Waals surface area contributed by atoms with Crippen LogP contribution in [0.25, 0.3) is 44.4 Å². The first-order chi connectivity index (χ1) is 20.0. The Balaban J connectivity index is 1.92. The van der Waals surface area contributed by atoms with Gasteiger partial charge in [-0.25, -0.2) is 9.97 Å². The molecule has 8 bridgehead atoms. The van der Waals surface area contributed by atoms with Crippen molar-refractivity contribution in [3.8, 4) is 0 Å². The first-order valence-electron chi connectivity index (χ1n) is 14.6. The number of carboxylic acid groups (broad SMARTS) is 1.